The van der Waals surface area contributed by atoms with Crippen LogP contribution in [0.25, 0.3) is 0 Å². The Morgan fingerprint density at radius 2 is 2.33 bits per heavy atom. The van der Waals surface area contributed by atoms with E-state index in [2.05, 4.69) is 0 Å². The molecule has 4 nitrogen and oxygen atoms in total. The first-order chi connectivity index (χ1) is 10.1. The predicted molar refractivity (Wildman–Crippen MR) is 82.3 cm³/mol. The van der Waals surface area contributed by atoms with Crippen LogP contribution in [0.2, 0.25) is 5.02 Å². The van der Waals surface area contributed by atoms with Gasteiger partial charge >= 0.3 is 0 Å². The third-order valence-corrected chi connectivity index (χ3v) is 5.43. The molecule has 2 atom stereocenters. The molecule has 2 aliphatic heterocycles. The summed E-state index contributed by atoms with van der Waals surface area (Å²) < 4.78 is 19.2. The summed E-state index contributed by atoms with van der Waals surface area (Å²) in [7, 11) is 0. The van der Waals surface area contributed by atoms with Gasteiger partial charge in [-0.05, 0) is 18.6 Å². The Balaban J connectivity index is 1.90. The monoisotopic (exact) mass is 330 g/mol. The Morgan fingerprint density at radius 1 is 1.52 bits per heavy atom. The van der Waals surface area contributed by atoms with E-state index in [0.717, 1.165) is 18.2 Å². The van der Waals surface area contributed by atoms with Crippen LogP contribution in [0.15, 0.2) is 12.1 Å². The van der Waals surface area contributed by atoms with Gasteiger partial charge in [-0.3, -0.25) is 4.79 Å². The summed E-state index contributed by atoms with van der Waals surface area (Å²) in [5.41, 5.74) is 5.73. The molecule has 0 radical (unpaired) electrons. The maximum atomic E-state index is 13.7. The molecule has 2 N–H and O–H groups in total. The second-order valence-electron chi connectivity index (χ2n) is 5.19. The zero-order valence-electron chi connectivity index (χ0n) is 11.4. The fourth-order valence-corrected chi connectivity index (χ4v) is 4.36. The number of amides is 1. The highest BCUT2D eigenvalue weighted by molar-refractivity contribution is 8.00. The lowest BCUT2D eigenvalue weighted by Gasteiger charge is -2.43. The fourth-order valence-electron chi connectivity index (χ4n) is 2.85. The summed E-state index contributed by atoms with van der Waals surface area (Å²) in [6.45, 7) is 1.93. The van der Waals surface area contributed by atoms with Crippen molar-refractivity contribution in [3.05, 3.63) is 28.5 Å². The third kappa shape index (κ3) is 2.84. The molecule has 2 heterocycles. The second kappa shape index (κ2) is 6.02. The minimum absolute atomic E-state index is 0.117. The average molecular weight is 331 g/mol. The Kier molecular flexibility index (Phi) is 4.28. The number of thioether (sulfide) groups is 1. The van der Waals surface area contributed by atoms with Crippen LogP contribution in [0.4, 0.5) is 10.1 Å². The van der Waals surface area contributed by atoms with Crippen LogP contribution in [0.1, 0.15) is 16.8 Å². The standard InChI is InChI=1S/C14H16ClFN2O2S/c15-8-5-9(13(17)10(16)6-8)14(19)18-2-4-21-12-7-20-3-1-11(12)18/h5-6,11-12H,1-4,7,17H2/t11-,12+/m0/s1. The van der Waals surface area contributed by atoms with Crippen molar-refractivity contribution in [2.45, 2.75) is 17.7 Å². The Hall–Kier alpha value is -0.980. The molecular weight excluding hydrogens is 315 g/mol. The summed E-state index contributed by atoms with van der Waals surface area (Å²) in [5.74, 6) is -0.0500. The number of hydrogen-bond donors (Lipinski definition) is 1. The zero-order valence-corrected chi connectivity index (χ0v) is 12.9. The van der Waals surface area contributed by atoms with Crippen LogP contribution >= 0.6 is 23.4 Å². The van der Waals surface area contributed by atoms with E-state index >= 15 is 0 Å². The number of ether oxygens (including phenoxy) is 1. The molecule has 2 saturated heterocycles. The maximum absolute atomic E-state index is 13.7. The number of benzene rings is 1. The van der Waals surface area contributed by atoms with Gasteiger partial charge in [-0.1, -0.05) is 11.6 Å². The molecule has 3 rings (SSSR count). The lowest BCUT2D eigenvalue weighted by Crippen LogP contribution is -2.54. The van der Waals surface area contributed by atoms with Gasteiger partial charge < -0.3 is 15.4 Å². The SMILES string of the molecule is Nc1c(F)cc(Cl)cc1C(=O)N1CCS[C@@H]2COCC[C@@H]21. The molecule has 0 aliphatic carbocycles. The van der Waals surface area contributed by atoms with Gasteiger partial charge in [-0.2, -0.15) is 11.8 Å². The van der Waals surface area contributed by atoms with Crippen LogP contribution in [-0.4, -0.2) is 47.6 Å². The zero-order chi connectivity index (χ0) is 15.0. The van der Waals surface area contributed by atoms with Crippen LogP contribution in [0.3, 0.4) is 0 Å². The van der Waals surface area contributed by atoms with Gasteiger partial charge in [0.2, 0.25) is 0 Å². The molecule has 0 bridgehead atoms. The molecule has 0 saturated carbocycles. The molecule has 7 heteroatoms. The molecule has 0 spiro atoms. The minimum Gasteiger partial charge on any atom is -0.396 e. The summed E-state index contributed by atoms with van der Waals surface area (Å²) >= 11 is 7.68. The average Bonchev–Trinajstić information content (AvgIpc) is 2.49. The molecule has 2 aliphatic rings. The lowest BCUT2D eigenvalue weighted by atomic mass is 10.0. The van der Waals surface area contributed by atoms with E-state index in [0.29, 0.717) is 19.8 Å². The molecule has 1 aromatic carbocycles. The quantitative estimate of drug-likeness (QED) is 0.803. The molecule has 1 amide bonds. The van der Waals surface area contributed by atoms with Crippen LogP contribution in [-0.2, 0) is 4.74 Å². The van der Waals surface area contributed by atoms with Gasteiger partial charge in [0.25, 0.3) is 5.91 Å². The summed E-state index contributed by atoms with van der Waals surface area (Å²) in [5, 5.41) is 0.460. The highest BCUT2D eigenvalue weighted by Gasteiger charge is 2.37. The summed E-state index contributed by atoms with van der Waals surface area (Å²) in [6.07, 6.45) is 0.798. The molecule has 21 heavy (non-hydrogen) atoms. The predicted octanol–water partition coefficient (Wildman–Crippen LogP) is 2.41. The van der Waals surface area contributed by atoms with Crippen LogP contribution in [0, 0.1) is 5.82 Å². The van der Waals surface area contributed by atoms with Crippen molar-refractivity contribution in [2.24, 2.45) is 0 Å². The summed E-state index contributed by atoms with van der Waals surface area (Å²) in [6, 6.07) is 2.68. The van der Waals surface area contributed by atoms with E-state index in [-0.39, 0.29) is 33.5 Å². The van der Waals surface area contributed by atoms with Gasteiger partial charge in [-0.25, -0.2) is 4.39 Å². The van der Waals surface area contributed by atoms with Gasteiger partial charge in [-0.15, -0.1) is 0 Å². The van der Waals surface area contributed by atoms with Crippen molar-refractivity contribution < 1.29 is 13.9 Å². The number of hydrogen-bond acceptors (Lipinski definition) is 4. The first-order valence-electron chi connectivity index (χ1n) is 6.83. The lowest BCUT2D eigenvalue weighted by molar-refractivity contribution is 0.0319. The number of carbonyl (C=O) groups is 1. The maximum Gasteiger partial charge on any atom is 0.256 e. The minimum atomic E-state index is -0.652. The molecule has 114 valence electrons. The molecular formula is C14H16ClFN2O2S. The second-order valence-corrected chi connectivity index (χ2v) is 6.97. The van der Waals surface area contributed by atoms with E-state index in [1.807, 2.05) is 11.8 Å². The van der Waals surface area contributed by atoms with Crippen molar-refractivity contribution in [1.29, 1.82) is 0 Å². The normalized spacial score (nSPS) is 25.5. The molecule has 1 aromatic rings. The summed E-state index contributed by atoms with van der Waals surface area (Å²) in [4.78, 5) is 14.5. The Labute approximate surface area is 131 Å². The number of nitrogen functional groups attached to an aromatic ring is 1. The highest BCUT2D eigenvalue weighted by Crippen LogP contribution is 2.32. The van der Waals surface area contributed by atoms with Gasteiger partial charge in [0, 0.05) is 35.2 Å². The van der Waals surface area contributed by atoms with Crippen molar-refractivity contribution in [3.8, 4) is 0 Å². The Bertz CT molecular complexity index is 570. The molecule has 0 unspecified atom stereocenters. The topological polar surface area (TPSA) is 55.6 Å². The number of carbonyl (C=O) groups excluding carboxylic acids is 1. The number of fused-ring (bicyclic) bond motifs is 1. The first kappa shape index (κ1) is 14.9. The van der Waals surface area contributed by atoms with Gasteiger partial charge in [0.05, 0.1) is 17.9 Å². The van der Waals surface area contributed by atoms with E-state index in [9.17, 15) is 9.18 Å². The van der Waals surface area contributed by atoms with E-state index in [4.69, 9.17) is 22.1 Å². The number of nitrogens with two attached hydrogens (primary N) is 1. The third-order valence-electron chi connectivity index (χ3n) is 3.92. The number of anilines is 1. The van der Waals surface area contributed by atoms with Crippen LogP contribution < -0.4 is 5.73 Å². The van der Waals surface area contributed by atoms with E-state index < -0.39 is 5.82 Å². The van der Waals surface area contributed by atoms with Gasteiger partial charge in [0.15, 0.2) is 0 Å². The number of nitrogens with zero attached hydrogens (tertiary/aromatic N) is 1. The van der Waals surface area contributed by atoms with Crippen LogP contribution in [0.5, 0.6) is 0 Å². The number of rotatable bonds is 1. The largest absolute Gasteiger partial charge is 0.396 e. The van der Waals surface area contributed by atoms with Gasteiger partial charge in [0.1, 0.15) is 5.82 Å². The van der Waals surface area contributed by atoms with Crippen molar-refractivity contribution in [3.63, 3.8) is 0 Å². The van der Waals surface area contributed by atoms with E-state index in [1.165, 1.54) is 6.07 Å². The van der Waals surface area contributed by atoms with Crippen molar-refractivity contribution in [2.75, 3.05) is 31.2 Å². The molecule has 2 fully saturated rings. The number of halogens is 2. The smallest absolute Gasteiger partial charge is 0.256 e. The van der Waals surface area contributed by atoms with Crippen molar-refractivity contribution in [1.82, 2.24) is 4.90 Å². The first-order valence-corrected chi connectivity index (χ1v) is 8.25. The molecule has 0 aromatic heterocycles. The Morgan fingerprint density at radius 3 is 3.14 bits per heavy atom. The van der Waals surface area contributed by atoms with Crippen molar-refractivity contribution >= 4 is 35.0 Å². The fraction of sp³-hybridized carbons (Fsp3) is 0.500. The highest BCUT2D eigenvalue weighted by atomic mass is 35.5. The van der Waals surface area contributed by atoms with E-state index in [1.54, 1.807) is 4.90 Å².